The van der Waals surface area contributed by atoms with Gasteiger partial charge >= 0.3 is 0 Å². The Bertz CT molecular complexity index is 1300. The second-order valence-corrected chi connectivity index (χ2v) is 7.81. The van der Waals surface area contributed by atoms with Crippen LogP contribution in [0.15, 0.2) is 59.3 Å². The number of hydrogen-bond donors (Lipinski definition) is 0. The van der Waals surface area contributed by atoms with Gasteiger partial charge in [-0.05, 0) is 50.3 Å². The summed E-state index contributed by atoms with van der Waals surface area (Å²) in [6.07, 6.45) is 11.3. The van der Waals surface area contributed by atoms with E-state index in [4.69, 9.17) is 11.6 Å². The van der Waals surface area contributed by atoms with E-state index >= 15 is 0 Å². The lowest BCUT2D eigenvalue weighted by Gasteiger charge is -2.14. The van der Waals surface area contributed by atoms with Gasteiger partial charge in [0.15, 0.2) is 0 Å². The third kappa shape index (κ3) is 3.34. The van der Waals surface area contributed by atoms with E-state index in [1.54, 1.807) is 9.08 Å². The van der Waals surface area contributed by atoms with Crippen LogP contribution >= 0.6 is 11.6 Å². The third-order valence-electron chi connectivity index (χ3n) is 5.50. The summed E-state index contributed by atoms with van der Waals surface area (Å²) in [6.45, 7) is 0.658. The molecule has 0 saturated heterocycles. The number of aryl methyl sites for hydroxylation is 1. The molecule has 0 radical (unpaired) electrons. The number of pyridine rings is 1. The normalized spacial score (nSPS) is 14.4. The molecule has 6 nitrogen and oxygen atoms in total. The molecule has 1 aliphatic carbocycles. The summed E-state index contributed by atoms with van der Waals surface area (Å²) < 4.78 is 3.39. The van der Waals surface area contributed by atoms with E-state index in [9.17, 15) is 4.79 Å². The van der Waals surface area contributed by atoms with Crippen molar-refractivity contribution < 1.29 is 0 Å². The van der Waals surface area contributed by atoms with Crippen LogP contribution in [0.2, 0.25) is 5.02 Å². The van der Waals surface area contributed by atoms with Crippen molar-refractivity contribution >= 4 is 28.3 Å². The number of fused-ring (bicyclic) bond motifs is 2. The summed E-state index contributed by atoms with van der Waals surface area (Å²) in [7, 11) is 0. The van der Waals surface area contributed by atoms with Gasteiger partial charge in [-0.3, -0.25) is 4.79 Å². The Morgan fingerprint density at radius 2 is 2.10 bits per heavy atom. The third-order valence-corrected chi connectivity index (χ3v) is 5.73. The summed E-state index contributed by atoms with van der Waals surface area (Å²) >= 11 is 6.23. The number of aromatic nitrogens is 5. The van der Waals surface area contributed by atoms with Gasteiger partial charge in [-0.1, -0.05) is 35.4 Å². The molecule has 0 spiro atoms. The van der Waals surface area contributed by atoms with E-state index in [2.05, 4.69) is 21.1 Å². The summed E-state index contributed by atoms with van der Waals surface area (Å²) in [5.41, 5.74) is 3.46. The van der Waals surface area contributed by atoms with Crippen LogP contribution in [-0.4, -0.2) is 24.1 Å². The lowest BCUT2D eigenvalue weighted by atomic mass is 9.97. The monoisotopic (exact) mass is 405 g/mol. The Hall–Kier alpha value is -2.99. The lowest BCUT2D eigenvalue weighted by molar-refractivity contribution is 0.616. The first-order chi connectivity index (χ1) is 14.2. The van der Waals surface area contributed by atoms with E-state index in [0.717, 1.165) is 24.8 Å². The average Bonchev–Trinajstić information content (AvgIpc) is 3.21. The van der Waals surface area contributed by atoms with E-state index in [-0.39, 0.29) is 5.56 Å². The van der Waals surface area contributed by atoms with Crippen molar-refractivity contribution in [3.8, 4) is 11.3 Å². The van der Waals surface area contributed by atoms with Crippen LogP contribution in [0.3, 0.4) is 0 Å². The maximum Gasteiger partial charge on any atom is 0.262 e. The molecule has 7 heteroatoms. The van der Waals surface area contributed by atoms with Gasteiger partial charge in [0.2, 0.25) is 0 Å². The van der Waals surface area contributed by atoms with Crippen molar-refractivity contribution in [2.75, 3.05) is 0 Å². The van der Waals surface area contributed by atoms with Crippen LogP contribution in [-0.2, 0) is 6.54 Å². The molecule has 0 atom stereocenters. The minimum atomic E-state index is -0.0706. The summed E-state index contributed by atoms with van der Waals surface area (Å²) in [4.78, 5) is 22.2. The van der Waals surface area contributed by atoms with Gasteiger partial charge in [-0.25, -0.2) is 4.98 Å². The highest BCUT2D eigenvalue weighted by molar-refractivity contribution is 6.30. The zero-order valence-corrected chi connectivity index (χ0v) is 16.6. The molecular formula is C22H20ClN5O. The molecule has 0 amide bonds. The largest absolute Gasteiger partial charge is 0.314 e. The van der Waals surface area contributed by atoms with Crippen LogP contribution in [0.5, 0.6) is 0 Å². The van der Waals surface area contributed by atoms with Gasteiger partial charge in [0.05, 0.1) is 16.6 Å². The maximum atomic E-state index is 13.5. The molecule has 4 aromatic rings. The predicted molar refractivity (Wildman–Crippen MR) is 114 cm³/mol. The maximum absolute atomic E-state index is 13.5. The van der Waals surface area contributed by atoms with Gasteiger partial charge < -0.3 is 4.57 Å². The summed E-state index contributed by atoms with van der Waals surface area (Å²) in [6, 6.07) is 9.31. The van der Waals surface area contributed by atoms with E-state index in [1.807, 2.05) is 36.5 Å². The summed E-state index contributed by atoms with van der Waals surface area (Å²) in [5.74, 6) is 0.456. The van der Waals surface area contributed by atoms with Crippen LogP contribution < -0.4 is 5.56 Å². The van der Waals surface area contributed by atoms with Gasteiger partial charge in [-0.15, -0.1) is 0 Å². The molecule has 1 aromatic carbocycles. The van der Waals surface area contributed by atoms with Crippen molar-refractivity contribution in [2.45, 2.75) is 38.6 Å². The smallest absolute Gasteiger partial charge is 0.262 e. The topological polar surface area (TPSA) is 65.1 Å². The highest BCUT2D eigenvalue weighted by Gasteiger charge is 2.17. The first-order valence-corrected chi connectivity index (χ1v) is 10.3. The van der Waals surface area contributed by atoms with Gasteiger partial charge in [0, 0.05) is 23.3 Å². The quantitative estimate of drug-likeness (QED) is 0.463. The lowest BCUT2D eigenvalue weighted by Crippen LogP contribution is -2.22. The fourth-order valence-electron chi connectivity index (χ4n) is 4.04. The van der Waals surface area contributed by atoms with Crippen molar-refractivity contribution in [1.29, 1.82) is 0 Å². The molecule has 0 aliphatic heterocycles. The molecule has 5 rings (SSSR count). The highest BCUT2D eigenvalue weighted by Crippen LogP contribution is 2.28. The van der Waals surface area contributed by atoms with Crippen molar-refractivity contribution in [3.05, 3.63) is 69.9 Å². The van der Waals surface area contributed by atoms with Crippen LogP contribution in [0.1, 0.15) is 32.1 Å². The number of rotatable bonds is 4. The second kappa shape index (κ2) is 7.44. The van der Waals surface area contributed by atoms with E-state index in [0.29, 0.717) is 33.9 Å². The molecule has 3 heterocycles. The van der Waals surface area contributed by atoms with Gasteiger partial charge in [0.25, 0.3) is 11.3 Å². The zero-order chi connectivity index (χ0) is 19.8. The number of hydrogen-bond acceptors (Lipinski definition) is 4. The van der Waals surface area contributed by atoms with Gasteiger partial charge in [-0.2, -0.15) is 14.6 Å². The molecule has 0 fully saturated rings. The first-order valence-electron chi connectivity index (χ1n) is 9.87. The molecule has 146 valence electrons. The van der Waals surface area contributed by atoms with Crippen molar-refractivity contribution in [1.82, 2.24) is 24.1 Å². The minimum Gasteiger partial charge on any atom is -0.314 e. The Balaban J connectivity index is 1.68. The van der Waals surface area contributed by atoms with Crippen molar-refractivity contribution in [2.24, 2.45) is 0 Å². The molecule has 0 N–H and O–H groups in total. The molecule has 0 bridgehead atoms. The SMILES string of the molecule is O=c1c2c(-c3cccc(Cl)c3)n3ncnc3nc2ccn1CCC1=CCCCC1. The van der Waals surface area contributed by atoms with E-state index < -0.39 is 0 Å². The highest BCUT2D eigenvalue weighted by atomic mass is 35.5. The zero-order valence-electron chi connectivity index (χ0n) is 15.9. The Kier molecular flexibility index (Phi) is 4.64. The number of benzene rings is 1. The molecular weight excluding hydrogens is 386 g/mol. The van der Waals surface area contributed by atoms with E-state index in [1.165, 1.54) is 24.7 Å². The van der Waals surface area contributed by atoms with Crippen LogP contribution in [0.4, 0.5) is 0 Å². The predicted octanol–water partition coefficient (Wildman–Crippen LogP) is 4.65. The number of nitrogens with zero attached hydrogens (tertiary/aromatic N) is 5. The molecule has 1 aliphatic rings. The minimum absolute atomic E-state index is 0.0706. The standard InChI is InChI=1S/C22H20ClN5O/c23-17-8-4-7-16(13-17)20-19-18(26-22-24-14-25-28(20)22)10-12-27(21(19)29)11-9-15-5-2-1-3-6-15/h4-5,7-8,10,12-14H,1-3,6,9,11H2. The Labute approximate surface area is 172 Å². The Morgan fingerprint density at radius 1 is 1.17 bits per heavy atom. The fourth-order valence-corrected chi connectivity index (χ4v) is 4.23. The van der Waals surface area contributed by atoms with Crippen LogP contribution in [0, 0.1) is 0 Å². The average molecular weight is 406 g/mol. The van der Waals surface area contributed by atoms with Crippen molar-refractivity contribution in [3.63, 3.8) is 0 Å². The van der Waals surface area contributed by atoms with Gasteiger partial charge in [0.1, 0.15) is 6.33 Å². The fraction of sp³-hybridized carbons (Fsp3) is 0.273. The number of allylic oxidation sites excluding steroid dienone is 2. The molecule has 0 saturated carbocycles. The summed E-state index contributed by atoms with van der Waals surface area (Å²) in [5, 5.41) is 5.44. The Morgan fingerprint density at radius 3 is 2.93 bits per heavy atom. The second-order valence-electron chi connectivity index (χ2n) is 7.38. The number of halogens is 1. The molecule has 0 unspecified atom stereocenters. The van der Waals surface area contributed by atoms with Crippen LogP contribution in [0.25, 0.3) is 27.9 Å². The molecule has 3 aromatic heterocycles. The molecule has 29 heavy (non-hydrogen) atoms. The first kappa shape index (κ1) is 18.1.